The summed E-state index contributed by atoms with van der Waals surface area (Å²) >= 11 is 1.68. The highest BCUT2D eigenvalue weighted by Crippen LogP contribution is 2.37. The van der Waals surface area contributed by atoms with Crippen molar-refractivity contribution in [3.63, 3.8) is 0 Å². The van der Waals surface area contributed by atoms with Gasteiger partial charge in [-0.25, -0.2) is 4.98 Å². The highest BCUT2D eigenvalue weighted by Gasteiger charge is 2.20. The lowest BCUT2D eigenvalue weighted by molar-refractivity contribution is -0.115. The normalized spacial score (nSPS) is 13.7. The van der Waals surface area contributed by atoms with Crippen molar-refractivity contribution >= 4 is 22.2 Å². The summed E-state index contributed by atoms with van der Waals surface area (Å²) in [6.45, 7) is 5.57. The molecular weight excluding hydrogens is 310 g/mol. The third-order valence-electron chi connectivity index (χ3n) is 4.37. The van der Waals surface area contributed by atoms with Crippen LogP contribution in [0.15, 0.2) is 4.79 Å². The number of hydrogen-bond acceptors (Lipinski definition) is 4. The van der Waals surface area contributed by atoms with Crippen LogP contribution in [0.1, 0.15) is 45.9 Å². The monoisotopic (exact) mass is 331 g/mol. The molecule has 122 valence electrons. The Morgan fingerprint density at radius 1 is 1.26 bits per heavy atom. The number of carbonyl (C=O) groups is 1. The summed E-state index contributed by atoms with van der Waals surface area (Å²) in [4.78, 5) is 32.6. The molecule has 2 aromatic heterocycles. The van der Waals surface area contributed by atoms with Gasteiger partial charge in [0.15, 0.2) is 0 Å². The Hall–Kier alpha value is -1.95. The van der Waals surface area contributed by atoms with Gasteiger partial charge >= 0.3 is 0 Å². The maximum absolute atomic E-state index is 12.4. The summed E-state index contributed by atoms with van der Waals surface area (Å²) in [7, 11) is 0. The van der Waals surface area contributed by atoms with Crippen molar-refractivity contribution in [1.82, 2.24) is 9.97 Å². The molecule has 5 nitrogen and oxygen atoms in total. The predicted molar refractivity (Wildman–Crippen MR) is 92.4 cm³/mol. The number of fused-ring (bicyclic) bond motifs is 1. The molecule has 0 fully saturated rings. The quantitative estimate of drug-likeness (QED) is 0.908. The first-order valence-electron chi connectivity index (χ1n) is 7.93. The molecule has 0 atom stereocenters. The van der Waals surface area contributed by atoms with E-state index in [1.165, 1.54) is 28.8 Å². The number of carbonyl (C=O) groups excluding carboxylic acids is 1. The Bertz CT molecular complexity index is 820. The second-order valence-electron chi connectivity index (χ2n) is 6.11. The summed E-state index contributed by atoms with van der Waals surface area (Å²) in [5.74, 6) is 0.407. The van der Waals surface area contributed by atoms with Crippen LogP contribution in [0, 0.1) is 20.8 Å². The van der Waals surface area contributed by atoms with E-state index in [4.69, 9.17) is 0 Å². The van der Waals surface area contributed by atoms with Gasteiger partial charge < -0.3 is 10.3 Å². The van der Waals surface area contributed by atoms with Crippen molar-refractivity contribution in [2.45, 2.75) is 52.9 Å². The van der Waals surface area contributed by atoms with E-state index in [1.807, 2.05) is 0 Å². The zero-order chi connectivity index (χ0) is 16.6. The van der Waals surface area contributed by atoms with Crippen LogP contribution in [0.5, 0.6) is 0 Å². The SMILES string of the molecule is Cc1nc(C)c(CC(=O)Nc2sc3c(c2C)CCCC3)c(=O)[nH]1. The molecule has 2 N–H and O–H groups in total. The molecule has 0 aliphatic heterocycles. The Kier molecular flexibility index (Phi) is 4.35. The van der Waals surface area contributed by atoms with Gasteiger partial charge in [0.2, 0.25) is 5.91 Å². The van der Waals surface area contributed by atoms with Crippen molar-refractivity contribution in [1.29, 1.82) is 0 Å². The fraction of sp³-hybridized carbons (Fsp3) is 0.471. The molecule has 0 saturated carbocycles. The molecule has 0 bridgehead atoms. The fourth-order valence-corrected chi connectivity index (χ4v) is 4.45. The van der Waals surface area contributed by atoms with E-state index in [1.54, 1.807) is 25.2 Å². The van der Waals surface area contributed by atoms with E-state index in [9.17, 15) is 9.59 Å². The van der Waals surface area contributed by atoms with Gasteiger partial charge in [-0.3, -0.25) is 9.59 Å². The number of anilines is 1. The number of aromatic amines is 1. The number of thiophene rings is 1. The van der Waals surface area contributed by atoms with Crippen molar-refractivity contribution in [3.05, 3.63) is 43.4 Å². The maximum Gasteiger partial charge on any atom is 0.254 e. The van der Waals surface area contributed by atoms with Crippen LogP contribution in [0.2, 0.25) is 0 Å². The predicted octanol–water partition coefficient (Wildman–Crippen LogP) is 2.82. The smallest absolute Gasteiger partial charge is 0.254 e. The van der Waals surface area contributed by atoms with Crippen LogP contribution < -0.4 is 10.9 Å². The number of nitrogens with one attached hydrogen (secondary N) is 2. The number of hydrogen-bond donors (Lipinski definition) is 2. The van der Waals surface area contributed by atoms with E-state index in [0.29, 0.717) is 17.1 Å². The van der Waals surface area contributed by atoms with E-state index >= 15 is 0 Å². The van der Waals surface area contributed by atoms with Crippen molar-refractivity contribution in [3.8, 4) is 0 Å². The lowest BCUT2D eigenvalue weighted by atomic mass is 9.96. The molecule has 2 aromatic rings. The Morgan fingerprint density at radius 3 is 2.70 bits per heavy atom. The zero-order valence-electron chi connectivity index (χ0n) is 13.7. The van der Waals surface area contributed by atoms with Gasteiger partial charge in [0.1, 0.15) is 5.82 Å². The van der Waals surface area contributed by atoms with E-state index < -0.39 is 0 Å². The first-order valence-corrected chi connectivity index (χ1v) is 8.74. The van der Waals surface area contributed by atoms with E-state index in [-0.39, 0.29) is 17.9 Å². The standard InChI is InChI=1S/C17H21N3O2S/c1-9-12-6-4-5-7-14(12)23-17(9)20-15(21)8-13-10(2)18-11(3)19-16(13)22/h4-8H2,1-3H3,(H,20,21)(H,18,19,22). The number of amides is 1. The molecule has 0 unspecified atom stereocenters. The minimum Gasteiger partial charge on any atom is -0.317 e. The summed E-state index contributed by atoms with van der Waals surface area (Å²) in [6.07, 6.45) is 4.72. The number of H-pyrrole nitrogens is 1. The summed E-state index contributed by atoms with van der Waals surface area (Å²) in [6, 6.07) is 0. The van der Waals surface area contributed by atoms with Crippen LogP contribution in [0.25, 0.3) is 0 Å². The molecule has 0 spiro atoms. The van der Waals surface area contributed by atoms with E-state index in [0.717, 1.165) is 17.8 Å². The lowest BCUT2D eigenvalue weighted by Gasteiger charge is -2.10. The number of aryl methyl sites for hydroxylation is 3. The van der Waals surface area contributed by atoms with Crippen molar-refractivity contribution < 1.29 is 4.79 Å². The molecule has 6 heteroatoms. The van der Waals surface area contributed by atoms with Gasteiger partial charge in [0.25, 0.3) is 5.56 Å². The molecule has 1 aliphatic carbocycles. The minimum absolute atomic E-state index is 0.0520. The minimum atomic E-state index is -0.229. The number of rotatable bonds is 3. The average Bonchev–Trinajstić information content (AvgIpc) is 2.80. The van der Waals surface area contributed by atoms with Gasteiger partial charge in [-0.2, -0.15) is 0 Å². The molecule has 1 aliphatic rings. The molecular formula is C17H21N3O2S. The second-order valence-corrected chi connectivity index (χ2v) is 7.21. The van der Waals surface area contributed by atoms with Crippen LogP contribution in [-0.4, -0.2) is 15.9 Å². The fourth-order valence-electron chi connectivity index (χ4n) is 3.13. The lowest BCUT2D eigenvalue weighted by Crippen LogP contribution is -2.24. The zero-order valence-corrected chi connectivity index (χ0v) is 14.5. The average molecular weight is 331 g/mol. The Morgan fingerprint density at radius 2 is 2.00 bits per heavy atom. The molecule has 0 saturated heterocycles. The van der Waals surface area contributed by atoms with Gasteiger partial charge in [-0.1, -0.05) is 0 Å². The maximum atomic E-state index is 12.4. The highest BCUT2D eigenvalue weighted by molar-refractivity contribution is 7.16. The molecule has 23 heavy (non-hydrogen) atoms. The van der Waals surface area contributed by atoms with Crippen LogP contribution in [0.4, 0.5) is 5.00 Å². The molecule has 1 amide bonds. The Balaban J connectivity index is 1.78. The van der Waals surface area contributed by atoms with Crippen LogP contribution >= 0.6 is 11.3 Å². The summed E-state index contributed by atoms with van der Waals surface area (Å²) in [5, 5.41) is 3.91. The van der Waals surface area contributed by atoms with Crippen molar-refractivity contribution in [2.24, 2.45) is 0 Å². The summed E-state index contributed by atoms with van der Waals surface area (Å²) < 4.78 is 0. The second kappa shape index (κ2) is 6.28. The molecule has 0 radical (unpaired) electrons. The van der Waals surface area contributed by atoms with E-state index in [2.05, 4.69) is 22.2 Å². The van der Waals surface area contributed by atoms with Gasteiger partial charge in [0, 0.05) is 16.1 Å². The highest BCUT2D eigenvalue weighted by atomic mass is 32.1. The topological polar surface area (TPSA) is 74.8 Å². The summed E-state index contributed by atoms with van der Waals surface area (Å²) in [5.41, 5.74) is 3.41. The van der Waals surface area contributed by atoms with Crippen LogP contribution in [-0.2, 0) is 24.1 Å². The third-order valence-corrected chi connectivity index (χ3v) is 5.68. The largest absolute Gasteiger partial charge is 0.317 e. The molecule has 0 aromatic carbocycles. The molecule has 3 rings (SSSR count). The van der Waals surface area contributed by atoms with Gasteiger partial charge in [-0.15, -0.1) is 11.3 Å². The van der Waals surface area contributed by atoms with Gasteiger partial charge in [-0.05, 0) is 57.6 Å². The first kappa shape index (κ1) is 15.9. The van der Waals surface area contributed by atoms with Crippen molar-refractivity contribution in [2.75, 3.05) is 5.32 Å². The number of nitrogens with zero attached hydrogens (tertiary/aromatic N) is 1. The molecule has 2 heterocycles. The Labute approximate surface area is 139 Å². The first-order chi connectivity index (χ1) is 11.0. The van der Waals surface area contributed by atoms with Crippen LogP contribution in [0.3, 0.4) is 0 Å². The number of aromatic nitrogens is 2. The third kappa shape index (κ3) is 3.22. The van der Waals surface area contributed by atoms with Gasteiger partial charge in [0.05, 0.1) is 11.4 Å².